The number of aromatic nitrogens is 1. The summed E-state index contributed by atoms with van der Waals surface area (Å²) in [5, 5.41) is 5.52. The van der Waals surface area contributed by atoms with E-state index >= 15 is 0 Å². The molecule has 2 N–H and O–H groups in total. The van der Waals surface area contributed by atoms with Gasteiger partial charge in [-0.2, -0.15) is 0 Å². The summed E-state index contributed by atoms with van der Waals surface area (Å²) in [4.78, 5) is 15.1. The summed E-state index contributed by atoms with van der Waals surface area (Å²) in [7, 11) is 0. The number of aromatic amines is 1. The Morgan fingerprint density at radius 3 is 3.05 bits per heavy atom. The van der Waals surface area contributed by atoms with Gasteiger partial charge in [0.2, 0.25) is 0 Å². The van der Waals surface area contributed by atoms with Crippen LogP contribution in [-0.4, -0.2) is 11.5 Å². The highest BCUT2D eigenvalue weighted by Gasteiger charge is 2.15. The Bertz CT molecular complexity index is 727. The Morgan fingerprint density at radius 1 is 1.42 bits per heavy atom. The van der Waals surface area contributed by atoms with Gasteiger partial charge in [-0.15, -0.1) is 11.3 Å². The molecule has 1 atom stereocenters. The van der Waals surface area contributed by atoms with Gasteiger partial charge in [0.05, 0.1) is 11.6 Å². The van der Waals surface area contributed by atoms with Crippen molar-refractivity contribution in [3.05, 3.63) is 56.7 Å². The van der Waals surface area contributed by atoms with Gasteiger partial charge in [0.25, 0.3) is 0 Å². The molecule has 5 heteroatoms. The van der Waals surface area contributed by atoms with Crippen LogP contribution in [0, 0.1) is 0 Å². The van der Waals surface area contributed by atoms with Crippen LogP contribution < -0.4 is 11.1 Å². The second-order valence-corrected chi connectivity index (χ2v) is 5.26. The molecule has 0 aliphatic carbocycles. The normalized spacial score (nSPS) is 12.9. The van der Waals surface area contributed by atoms with E-state index in [1.54, 1.807) is 11.3 Å². The van der Waals surface area contributed by atoms with E-state index in [-0.39, 0.29) is 6.04 Å². The fourth-order valence-electron chi connectivity index (χ4n) is 2.18. The van der Waals surface area contributed by atoms with Gasteiger partial charge in [-0.25, -0.2) is 4.79 Å². The van der Waals surface area contributed by atoms with Gasteiger partial charge in [0, 0.05) is 4.88 Å². The van der Waals surface area contributed by atoms with Crippen molar-refractivity contribution in [2.45, 2.75) is 13.0 Å². The van der Waals surface area contributed by atoms with E-state index in [4.69, 9.17) is 4.42 Å². The van der Waals surface area contributed by atoms with Crippen LogP contribution in [0.4, 0.5) is 0 Å². The van der Waals surface area contributed by atoms with Gasteiger partial charge in [-0.05, 0) is 35.7 Å². The number of thiophene rings is 1. The molecule has 0 saturated carbocycles. The highest BCUT2D eigenvalue weighted by Crippen LogP contribution is 2.27. The molecule has 0 amide bonds. The van der Waals surface area contributed by atoms with Crippen molar-refractivity contribution in [2.75, 3.05) is 6.54 Å². The number of hydrogen-bond acceptors (Lipinski definition) is 4. The minimum absolute atomic E-state index is 0.134. The highest BCUT2D eigenvalue weighted by molar-refractivity contribution is 7.10. The number of nitrogens with one attached hydrogen (secondary N) is 2. The van der Waals surface area contributed by atoms with Crippen molar-refractivity contribution in [1.29, 1.82) is 0 Å². The molecule has 0 fully saturated rings. The van der Waals surface area contributed by atoms with Crippen molar-refractivity contribution >= 4 is 22.4 Å². The van der Waals surface area contributed by atoms with E-state index in [0.29, 0.717) is 5.58 Å². The first-order valence-corrected chi connectivity index (χ1v) is 7.05. The van der Waals surface area contributed by atoms with E-state index in [0.717, 1.165) is 17.6 Å². The Labute approximate surface area is 114 Å². The van der Waals surface area contributed by atoms with E-state index in [1.165, 1.54) is 4.88 Å². The van der Waals surface area contributed by atoms with Gasteiger partial charge < -0.3 is 9.73 Å². The maximum Gasteiger partial charge on any atom is 0.417 e. The Kier molecular flexibility index (Phi) is 3.23. The monoisotopic (exact) mass is 274 g/mol. The Balaban J connectivity index is 2.06. The minimum atomic E-state index is -0.414. The van der Waals surface area contributed by atoms with Crippen LogP contribution in [0.15, 0.2) is 44.9 Å². The van der Waals surface area contributed by atoms with Gasteiger partial charge in [0.15, 0.2) is 5.58 Å². The number of hydrogen-bond donors (Lipinski definition) is 2. The maximum atomic E-state index is 11.2. The van der Waals surface area contributed by atoms with E-state index in [1.807, 2.05) is 24.3 Å². The first kappa shape index (κ1) is 12.2. The summed E-state index contributed by atoms with van der Waals surface area (Å²) in [5.41, 5.74) is 2.43. The third-order valence-corrected chi connectivity index (χ3v) is 3.95. The summed E-state index contributed by atoms with van der Waals surface area (Å²) >= 11 is 1.71. The molecule has 1 aromatic carbocycles. The second kappa shape index (κ2) is 5.03. The lowest BCUT2D eigenvalue weighted by Gasteiger charge is -2.16. The van der Waals surface area contributed by atoms with E-state index < -0.39 is 5.76 Å². The summed E-state index contributed by atoms with van der Waals surface area (Å²) in [5.74, 6) is -0.414. The summed E-state index contributed by atoms with van der Waals surface area (Å²) < 4.78 is 5.12. The molecule has 98 valence electrons. The van der Waals surface area contributed by atoms with Crippen LogP contribution in [0.5, 0.6) is 0 Å². The second-order valence-electron chi connectivity index (χ2n) is 4.28. The van der Waals surface area contributed by atoms with Crippen LogP contribution in [0.25, 0.3) is 11.1 Å². The smallest absolute Gasteiger partial charge is 0.408 e. The van der Waals surface area contributed by atoms with Crippen LogP contribution in [-0.2, 0) is 0 Å². The largest absolute Gasteiger partial charge is 0.417 e. The zero-order valence-electron chi connectivity index (χ0n) is 10.5. The summed E-state index contributed by atoms with van der Waals surface area (Å²) in [6.45, 7) is 2.95. The third kappa shape index (κ3) is 2.34. The average molecular weight is 274 g/mol. The van der Waals surface area contributed by atoms with Crippen molar-refractivity contribution in [3.8, 4) is 0 Å². The minimum Gasteiger partial charge on any atom is -0.408 e. The van der Waals surface area contributed by atoms with E-state index in [2.05, 4.69) is 28.7 Å². The SMILES string of the molecule is CCNC(c1ccc2[nH]c(=O)oc2c1)c1cccs1. The topological polar surface area (TPSA) is 58.0 Å². The van der Waals surface area contributed by atoms with Crippen LogP contribution in [0.2, 0.25) is 0 Å². The number of fused-ring (bicyclic) bond motifs is 1. The number of rotatable bonds is 4. The molecule has 2 aromatic heterocycles. The van der Waals surface area contributed by atoms with Crippen molar-refractivity contribution in [3.63, 3.8) is 0 Å². The predicted octanol–water partition coefficient (Wildman–Crippen LogP) is 2.88. The molecule has 0 bridgehead atoms. The third-order valence-electron chi connectivity index (χ3n) is 3.01. The van der Waals surface area contributed by atoms with Crippen molar-refractivity contribution in [1.82, 2.24) is 10.3 Å². The Hall–Kier alpha value is -1.85. The van der Waals surface area contributed by atoms with Gasteiger partial charge in [-0.1, -0.05) is 19.1 Å². The lowest BCUT2D eigenvalue weighted by molar-refractivity contribution is 0.554. The lowest BCUT2D eigenvalue weighted by Crippen LogP contribution is -2.20. The first-order valence-electron chi connectivity index (χ1n) is 6.17. The first-order chi connectivity index (χ1) is 9.28. The quantitative estimate of drug-likeness (QED) is 0.769. The molecular weight excluding hydrogens is 260 g/mol. The molecule has 0 radical (unpaired) electrons. The molecule has 1 unspecified atom stereocenters. The molecule has 4 nitrogen and oxygen atoms in total. The van der Waals surface area contributed by atoms with Crippen LogP contribution >= 0.6 is 11.3 Å². The number of H-pyrrole nitrogens is 1. The summed E-state index contributed by atoms with van der Waals surface area (Å²) in [6, 6.07) is 10.1. The number of oxazole rings is 1. The van der Waals surface area contributed by atoms with Crippen LogP contribution in [0.1, 0.15) is 23.4 Å². The van der Waals surface area contributed by atoms with E-state index in [9.17, 15) is 4.79 Å². The molecule has 3 rings (SSSR count). The standard InChI is InChI=1S/C14H14N2O2S/c1-2-15-13(12-4-3-7-19-12)9-5-6-10-11(8-9)18-14(17)16-10/h3-8,13,15H,2H2,1H3,(H,16,17). The highest BCUT2D eigenvalue weighted by atomic mass is 32.1. The maximum absolute atomic E-state index is 11.2. The molecule has 0 aliphatic heterocycles. The fourth-order valence-corrected chi connectivity index (χ4v) is 3.01. The zero-order chi connectivity index (χ0) is 13.2. The molecule has 0 saturated heterocycles. The fraction of sp³-hybridized carbons (Fsp3) is 0.214. The molecule has 3 aromatic rings. The molecule has 0 spiro atoms. The van der Waals surface area contributed by atoms with Gasteiger partial charge >= 0.3 is 5.76 Å². The zero-order valence-corrected chi connectivity index (χ0v) is 11.3. The predicted molar refractivity (Wildman–Crippen MR) is 76.7 cm³/mol. The Morgan fingerprint density at radius 2 is 2.32 bits per heavy atom. The molecule has 0 aliphatic rings. The molecule has 19 heavy (non-hydrogen) atoms. The molecule has 2 heterocycles. The molecular formula is C14H14N2O2S. The van der Waals surface area contributed by atoms with Crippen molar-refractivity contribution in [2.24, 2.45) is 0 Å². The summed E-state index contributed by atoms with van der Waals surface area (Å²) in [6.07, 6.45) is 0. The average Bonchev–Trinajstić information content (AvgIpc) is 3.02. The van der Waals surface area contributed by atoms with Gasteiger partial charge in [0.1, 0.15) is 0 Å². The van der Waals surface area contributed by atoms with Crippen LogP contribution in [0.3, 0.4) is 0 Å². The van der Waals surface area contributed by atoms with Crippen molar-refractivity contribution < 1.29 is 4.42 Å². The number of benzene rings is 1. The van der Waals surface area contributed by atoms with Gasteiger partial charge in [-0.3, -0.25) is 4.98 Å². The lowest BCUT2D eigenvalue weighted by atomic mass is 10.0.